The lowest BCUT2D eigenvalue weighted by Crippen LogP contribution is -2.31. The molecule has 2 amide bonds. The van der Waals surface area contributed by atoms with Gasteiger partial charge in [-0.25, -0.2) is 14.8 Å². The maximum atomic E-state index is 12.4. The number of hydrogen-bond acceptors (Lipinski definition) is 5. The number of rotatable bonds is 7. The van der Waals surface area contributed by atoms with Crippen molar-refractivity contribution in [3.05, 3.63) is 72.7 Å². The second kappa shape index (κ2) is 9.17. The van der Waals surface area contributed by atoms with E-state index < -0.39 is 0 Å². The molecule has 0 atom stereocenters. The molecule has 2 heterocycles. The molecule has 0 aliphatic rings. The van der Waals surface area contributed by atoms with E-state index in [0.29, 0.717) is 30.2 Å². The smallest absolute Gasteiger partial charge is 0.319 e. The summed E-state index contributed by atoms with van der Waals surface area (Å²) in [6, 6.07) is 18.6. The number of amides is 2. The molecule has 0 fully saturated rings. The molecule has 0 saturated carbocycles. The maximum Gasteiger partial charge on any atom is 0.319 e. The van der Waals surface area contributed by atoms with Crippen molar-refractivity contribution >= 4 is 22.9 Å². The van der Waals surface area contributed by atoms with E-state index in [0.717, 1.165) is 22.7 Å². The molecule has 2 aromatic heterocycles. The number of nitrogens with zero attached hydrogens (tertiary/aromatic N) is 3. The van der Waals surface area contributed by atoms with E-state index in [4.69, 9.17) is 14.5 Å². The van der Waals surface area contributed by atoms with E-state index in [1.54, 1.807) is 38.6 Å². The fraction of sp³-hybridized carbons (Fsp3) is 0.174. The van der Waals surface area contributed by atoms with Gasteiger partial charge >= 0.3 is 6.03 Å². The molecule has 0 unspecified atom stereocenters. The zero-order chi connectivity index (χ0) is 21.6. The van der Waals surface area contributed by atoms with E-state index in [-0.39, 0.29) is 6.03 Å². The quantitative estimate of drug-likeness (QED) is 0.477. The molecular weight excluding hydrogens is 394 g/mol. The Morgan fingerprint density at radius 1 is 1.03 bits per heavy atom. The molecule has 0 spiro atoms. The molecule has 0 aliphatic heterocycles. The first-order chi connectivity index (χ1) is 15.2. The Morgan fingerprint density at radius 3 is 2.65 bits per heavy atom. The lowest BCUT2D eigenvalue weighted by atomic mass is 10.2. The summed E-state index contributed by atoms with van der Waals surface area (Å²) in [4.78, 5) is 21.6. The third kappa shape index (κ3) is 4.42. The average Bonchev–Trinajstić information content (AvgIpc) is 3.17. The van der Waals surface area contributed by atoms with E-state index >= 15 is 0 Å². The number of carbonyl (C=O) groups is 1. The average molecular weight is 417 g/mol. The summed E-state index contributed by atoms with van der Waals surface area (Å²) in [7, 11) is 3.12. The van der Waals surface area contributed by atoms with E-state index in [2.05, 4.69) is 15.6 Å². The standard InChI is InChI=1S/C23H23N5O3/c1-30-17-10-11-20(31-2)19(15-17)27-23(29)25-14-12-21-26-18-9-6-13-24-22(18)28(21)16-7-4-3-5-8-16/h3-11,13,15H,12,14H2,1-2H3,(H2,25,27,29). The summed E-state index contributed by atoms with van der Waals surface area (Å²) in [5, 5.41) is 5.67. The van der Waals surface area contributed by atoms with Crippen LogP contribution in [0.15, 0.2) is 66.9 Å². The molecule has 0 radical (unpaired) electrons. The topological polar surface area (TPSA) is 90.3 Å². The SMILES string of the molecule is COc1ccc(OC)c(NC(=O)NCCc2nc3cccnc3n2-c2ccccc2)c1. The predicted octanol–water partition coefficient (Wildman–Crippen LogP) is 3.80. The number of nitrogens with one attached hydrogen (secondary N) is 2. The Morgan fingerprint density at radius 2 is 1.87 bits per heavy atom. The first-order valence-electron chi connectivity index (χ1n) is 9.84. The largest absolute Gasteiger partial charge is 0.497 e. The van der Waals surface area contributed by atoms with Crippen molar-refractivity contribution in [2.75, 3.05) is 26.1 Å². The summed E-state index contributed by atoms with van der Waals surface area (Å²) in [6.07, 6.45) is 2.29. The van der Waals surface area contributed by atoms with Crippen LogP contribution in [0.5, 0.6) is 11.5 Å². The van der Waals surface area contributed by atoms with Crippen molar-refractivity contribution < 1.29 is 14.3 Å². The summed E-state index contributed by atoms with van der Waals surface area (Å²) >= 11 is 0. The third-order valence-electron chi connectivity index (χ3n) is 4.79. The highest BCUT2D eigenvalue weighted by molar-refractivity contribution is 5.91. The van der Waals surface area contributed by atoms with Crippen LogP contribution in [0.3, 0.4) is 0 Å². The van der Waals surface area contributed by atoms with Crippen molar-refractivity contribution in [3.63, 3.8) is 0 Å². The third-order valence-corrected chi connectivity index (χ3v) is 4.79. The molecule has 0 saturated heterocycles. The van der Waals surface area contributed by atoms with Gasteiger partial charge in [0.2, 0.25) is 0 Å². The minimum atomic E-state index is -0.341. The summed E-state index contributed by atoms with van der Waals surface area (Å²) in [5.74, 6) is 1.99. The van der Waals surface area contributed by atoms with Gasteiger partial charge in [0.25, 0.3) is 0 Å². The second-order valence-electron chi connectivity index (χ2n) is 6.74. The number of hydrogen-bond donors (Lipinski definition) is 2. The van der Waals surface area contributed by atoms with Crippen LogP contribution in [0.1, 0.15) is 5.82 Å². The van der Waals surface area contributed by atoms with Gasteiger partial charge in [0.1, 0.15) is 22.8 Å². The van der Waals surface area contributed by atoms with E-state index in [9.17, 15) is 4.79 Å². The highest BCUT2D eigenvalue weighted by Gasteiger charge is 2.14. The number of anilines is 1. The van der Waals surface area contributed by atoms with Gasteiger partial charge in [0.15, 0.2) is 5.65 Å². The van der Waals surface area contributed by atoms with Crippen LogP contribution in [0.25, 0.3) is 16.9 Å². The molecule has 8 heteroatoms. The number of para-hydroxylation sites is 1. The lowest BCUT2D eigenvalue weighted by Gasteiger charge is -2.13. The van der Waals surface area contributed by atoms with Crippen LogP contribution in [-0.2, 0) is 6.42 Å². The van der Waals surface area contributed by atoms with Crippen LogP contribution in [0.2, 0.25) is 0 Å². The summed E-state index contributed by atoms with van der Waals surface area (Å²) in [6.45, 7) is 0.397. The molecule has 4 aromatic rings. The van der Waals surface area contributed by atoms with Gasteiger partial charge in [-0.3, -0.25) is 4.57 Å². The fourth-order valence-electron chi connectivity index (χ4n) is 3.34. The van der Waals surface area contributed by atoms with Crippen LogP contribution in [0, 0.1) is 0 Å². The second-order valence-corrected chi connectivity index (χ2v) is 6.74. The van der Waals surface area contributed by atoms with E-state index in [1.165, 1.54) is 0 Å². The van der Waals surface area contributed by atoms with Crippen LogP contribution in [0.4, 0.5) is 10.5 Å². The number of carbonyl (C=O) groups excluding carboxylic acids is 1. The molecule has 4 rings (SSSR count). The first kappa shape index (κ1) is 20.2. The van der Waals surface area contributed by atoms with Crippen molar-refractivity contribution in [1.29, 1.82) is 0 Å². The van der Waals surface area contributed by atoms with Gasteiger partial charge in [0, 0.05) is 30.9 Å². The van der Waals surface area contributed by atoms with Crippen LogP contribution < -0.4 is 20.1 Å². The minimum Gasteiger partial charge on any atom is -0.497 e. The van der Waals surface area contributed by atoms with Crippen molar-refractivity contribution in [1.82, 2.24) is 19.9 Å². The normalized spacial score (nSPS) is 10.6. The van der Waals surface area contributed by atoms with Gasteiger partial charge in [0.05, 0.1) is 19.9 Å². The lowest BCUT2D eigenvalue weighted by molar-refractivity contribution is 0.252. The van der Waals surface area contributed by atoms with Crippen molar-refractivity contribution in [3.8, 4) is 17.2 Å². The van der Waals surface area contributed by atoms with Crippen molar-refractivity contribution in [2.24, 2.45) is 0 Å². The Balaban J connectivity index is 1.47. The minimum absolute atomic E-state index is 0.341. The maximum absolute atomic E-state index is 12.4. The van der Waals surface area contributed by atoms with Gasteiger partial charge in [-0.05, 0) is 36.4 Å². The summed E-state index contributed by atoms with van der Waals surface area (Å²) in [5.41, 5.74) is 3.10. The molecule has 158 valence electrons. The van der Waals surface area contributed by atoms with E-state index in [1.807, 2.05) is 47.0 Å². The van der Waals surface area contributed by atoms with Crippen molar-refractivity contribution in [2.45, 2.75) is 6.42 Å². The molecule has 2 aromatic carbocycles. The fourth-order valence-corrected chi connectivity index (χ4v) is 3.34. The van der Waals surface area contributed by atoms with Gasteiger partial charge in [-0.2, -0.15) is 0 Å². The molecule has 31 heavy (non-hydrogen) atoms. The number of benzene rings is 2. The Kier molecular flexibility index (Phi) is 5.98. The van der Waals surface area contributed by atoms with Gasteiger partial charge < -0.3 is 20.1 Å². The highest BCUT2D eigenvalue weighted by atomic mass is 16.5. The molecule has 0 aliphatic carbocycles. The van der Waals surface area contributed by atoms with Crippen LogP contribution in [-0.4, -0.2) is 41.3 Å². The van der Waals surface area contributed by atoms with Crippen LogP contribution >= 0.6 is 0 Å². The molecule has 0 bridgehead atoms. The Bertz CT molecular complexity index is 1190. The number of fused-ring (bicyclic) bond motifs is 1. The highest BCUT2D eigenvalue weighted by Crippen LogP contribution is 2.28. The zero-order valence-electron chi connectivity index (χ0n) is 17.3. The number of pyridine rings is 1. The number of aromatic nitrogens is 3. The Labute approximate surface area is 179 Å². The number of urea groups is 1. The monoisotopic (exact) mass is 417 g/mol. The first-order valence-corrected chi connectivity index (χ1v) is 9.84. The summed E-state index contributed by atoms with van der Waals surface area (Å²) < 4.78 is 12.5. The number of methoxy groups -OCH3 is 2. The van der Waals surface area contributed by atoms with Gasteiger partial charge in [-0.1, -0.05) is 18.2 Å². The zero-order valence-corrected chi connectivity index (χ0v) is 17.3. The predicted molar refractivity (Wildman–Crippen MR) is 119 cm³/mol. The van der Waals surface area contributed by atoms with Gasteiger partial charge in [-0.15, -0.1) is 0 Å². The number of imidazole rings is 1. The molecule has 8 nitrogen and oxygen atoms in total. The molecular formula is C23H23N5O3. The Hall–Kier alpha value is -4.07. The number of ether oxygens (including phenoxy) is 2. The molecule has 2 N–H and O–H groups in total.